The van der Waals surface area contributed by atoms with Crippen LogP contribution in [0.15, 0.2) is 22.9 Å². The highest BCUT2D eigenvalue weighted by Crippen LogP contribution is 2.39. The molecule has 1 aliphatic rings. The first kappa shape index (κ1) is 23.0. The number of hydrogen-bond acceptors (Lipinski definition) is 6. The molecule has 0 saturated carbocycles. The van der Waals surface area contributed by atoms with Crippen LogP contribution in [0.5, 0.6) is 0 Å². The van der Waals surface area contributed by atoms with Gasteiger partial charge in [0, 0.05) is 24.5 Å². The van der Waals surface area contributed by atoms with E-state index in [2.05, 4.69) is 25.2 Å². The number of hydrogen-bond donors (Lipinski definition) is 1. The van der Waals surface area contributed by atoms with Crippen LogP contribution in [0.25, 0.3) is 6.08 Å². The quantitative estimate of drug-likeness (QED) is 0.582. The maximum absolute atomic E-state index is 12.3. The molecule has 31 heavy (non-hydrogen) atoms. The van der Waals surface area contributed by atoms with Crippen molar-refractivity contribution in [3.63, 3.8) is 0 Å². The van der Waals surface area contributed by atoms with Gasteiger partial charge in [0.05, 0.1) is 12.2 Å². The lowest BCUT2D eigenvalue weighted by atomic mass is 9.88. The molecule has 2 aromatic rings. The summed E-state index contributed by atoms with van der Waals surface area (Å²) in [5.74, 6) is 0.357. The minimum absolute atomic E-state index is 0.219. The molecular weight excluding hydrogens is 430 g/mol. The lowest BCUT2D eigenvalue weighted by Crippen LogP contribution is -2.32. The van der Waals surface area contributed by atoms with E-state index in [9.17, 15) is 14.9 Å². The van der Waals surface area contributed by atoms with Crippen LogP contribution in [-0.4, -0.2) is 37.1 Å². The number of ether oxygens (including phenoxy) is 1. The van der Waals surface area contributed by atoms with Crippen molar-refractivity contribution in [2.75, 3.05) is 25.5 Å². The van der Waals surface area contributed by atoms with E-state index in [0.717, 1.165) is 35.3 Å². The molecule has 1 N–H and O–H groups in total. The number of nitriles is 1. The molecule has 0 spiro atoms. The van der Waals surface area contributed by atoms with E-state index in [-0.39, 0.29) is 17.9 Å². The summed E-state index contributed by atoms with van der Waals surface area (Å²) in [4.78, 5) is 27.2. The number of fused-ring (bicyclic) bond motifs is 1. The zero-order valence-electron chi connectivity index (χ0n) is 18.0. The summed E-state index contributed by atoms with van der Waals surface area (Å²) in [6.45, 7) is 5.15. The first-order valence-corrected chi connectivity index (χ1v) is 12.1. The molecule has 2 heterocycles. The molecule has 0 aromatic carbocycles. The lowest BCUT2D eigenvalue weighted by Gasteiger charge is -2.24. The number of nitrogens with zero attached hydrogens (tertiary/aromatic N) is 2. The summed E-state index contributed by atoms with van der Waals surface area (Å²) in [6.07, 6.45) is 5.29. The summed E-state index contributed by atoms with van der Waals surface area (Å²) in [6, 6.07) is 4.20. The number of anilines is 1. The second-order valence-corrected chi connectivity index (χ2v) is 10.0. The third-order valence-corrected chi connectivity index (χ3v) is 6.95. The summed E-state index contributed by atoms with van der Waals surface area (Å²) in [7, 11) is 1.75. The fourth-order valence-electron chi connectivity index (χ4n) is 3.62. The maximum atomic E-state index is 12.3. The number of amides is 2. The topological polar surface area (TPSA) is 82.4 Å². The van der Waals surface area contributed by atoms with Crippen LogP contribution in [0, 0.1) is 23.2 Å². The number of thiophene rings is 2. The lowest BCUT2D eigenvalue weighted by molar-refractivity contribution is -0.111. The molecule has 2 aromatic heterocycles. The van der Waals surface area contributed by atoms with E-state index in [4.69, 9.17) is 4.74 Å². The van der Waals surface area contributed by atoms with Crippen LogP contribution >= 0.6 is 22.7 Å². The van der Waals surface area contributed by atoms with Gasteiger partial charge in [0.15, 0.2) is 0 Å². The standard InChI is InChI=1S/C23H27N3O3S2/c1-15(2)12-26(3)23(28)29-13-17-4-6-18-19(11-24)22(31-20(18)10-17)25-21(27)7-5-16-8-9-30-14-16/h5,7-9,14-15,17H,4,6,10,12-13H2,1-3H3,(H,25,27). The fourth-order valence-corrected chi connectivity index (χ4v) is 5.56. The largest absolute Gasteiger partial charge is 0.449 e. The maximum Gasteiger partial charge on any atom is 0.409 e. The molecule has 3 rings (SSSR count). The Hall–Kier alpha value is -2.63. The van der Waals surface area contributed by atoms with Crippen LogP contribution in [0.3, 0.4) is 0 Å². The van der Waals surface area contributed by atoms with E-state index in [1.54, 1.807) is 29.4 Å². The van der Waals surface area contributed by atoms with Crippen LogP contribution in [-0.2, 0) is 22.4 Å². The predicted molar refractivity (Wildman–Crippen MR) is 125 cm³/mol. The van der Waals surface area contributed by atoms with E-state index < -0.39 is 0 Å². The monoisotopic (exact) mass is 457 g/mol. The van der Waals surface area contributed by atoms with Gasteiger partial charge in [-0.15, -0.1) is 11.3 Å². The fraction of sp³-hybridized carbons (Fsp3) is 0.435. The Morgan fingerprint density at radius 2 is 2.26 bits per heavy atom. The predicted octanol–water partition coefficient (Wildman–Crippen LogP) is 5.16. The SMILES string of the molecule is CC(C)CN(C)C(=O)OCC1CCc2c(sc(NC(=O)C=Cc3ccsc3)c2C#N)C1. The van der Waals surface area contributed by atoms with Gasteiger partial charge in [0.25, 0.3) is 0 Å². The van der Waals surface area contributed by atoms with Gasteiger partial charge in [-0.2, -0.15) is 16.6 Å². The first-order chi connectivity index (χ1) is 14.9. The summed E-state index contributed by atoms with van der Waals surface area (Å²) in [5, 5.41) is 17.0. The zero-order valence-corrected chi connectivity index (χ0v) is 19.6. The molecule has 164 valence electrons. The smallest absolute Gasteiger partial charge is 0.409 e. The number of rotatable bonds is 7. The van der Waals surface area contributed by atoms with Gasteiger partial charge < -0.3 is 15.0 Å². The van der Waals surface area contributed by atoms with Gasteiger partial charge >= 0.3 is 6.09 Å². The van der Waals surface area contributed by atoms with E-state index in [0.29, 0.717) is 29.6 Å². The molecule has 1 aliphatic carbocycles. The van der Waals surface area contributed by atoms with Crippen molar-refractivity contribution >= 4 is 45.8 Å². The molecule has 0 bridgehead atoms. The number of carbonyl (C=O) groups excluding carboxylic acids is 2. The third-order valence-electron chi connectivity index (χ3n) is 5.08. The Morgan fingerprint density at radius 3 is 2.94 bits per heavy atom. The number of nitrogens with one attached hydrogen (secondary N) is 1. The Bertz CT molecular complexity index is 987. The first-order valence-electron chi connectivity index (χ1n) is 10.3. The van der Waals surface area contributed by atoms with Gasteiger partial charge in [-0.05, 0) is 65.1 Å². The minimum atomic E-state index is -0.297. The molecule has 6 nitrogen and oxygen atoms in total. The van der Waals surface area contributed by atoms with Crippen molar-refractivity contribution in [1.82, 2.24) is 4.90 Å². The molecule has 1 unspecified atom stereocenters. The second kappa shape index (κ2) is 10.6. The summed E-state index contributed by atoms with van der Waals surface area (Å²) >= 11 is 3.03. The normalized spacial score (nSPS) is 15.5. The van der Waals surface area contributed by atoms with Crippen LogP contribution in [0.2, 0.25) is 0 Å². The van der Waals surface area contributed by atoms with E-state index in [1.807, 2.05) is 16.8 Å². The Kier molecular flexibility index (Phi) is 7.88. The average molecular weight is 458 g/mol. The highest BCUT2D eigenvalue weighted by Gasteiger charge is 2.27. The molecule has 0 aliphatic heterocycles. The molecule has 0 fully saturated rings. The molecule has 8 heteroatoms. The highest BCUT2D eigenvalue weighted by molar-refractivity contribution is 7.16. The molecule has 0 radical (unpaired) electrons. The second-order valence-electron chi connectivity index (χ2n) is 8.16. The van der Waals surface area contributed by atoms with Crippen molar-refractivity contribution in [2.24, 2.45) is 11.8 Å². The Labute approximate surface area is 191 Å². The van der Waals surface area contributed by atoms with Gasteiger partial charge in [0.1, 0.15) is 11.1 Å². The van der Waals surface area contributed by atoms with Crippen LogP contribution < -0.4 is 5.32 Å². The molecular formula is C23H27N3O3S2. The molecule has 1 atom stereocenters. The Balaban J connectivity index is 1.60. The summed E-state index contributed by atoms with van der Waals surface area (Å²) < 4.78 is 5.50. The van der Waals surface area contributed by atoms with Crippen molar-refractivity contribution in [1.29, 1.82) is 5.26 Å². The van der Waals surface area contributed by atoms with Crippen LogP contribution in [0.1, 0.15) is 41.8 Å². The van der Waals surface area contributed by atoms with E-state index >= 15 is 0 Å². The minimum Gasteiger partial charge on any atom is -0.449 e. The number of carbonyl (C=O) groups is 2. The molecule has 2 amide bonds. The molecule has 0 saturated heterocycles. The van der Waals surface area contributed by atoms with Crippen molar-refractivity contribution in [2.45, 2.75) is 33.1 Å². The Morgan fingerprint density at radius 1 is 1.45 bits per heavy atom. The zero-order chi connectivity index (χ0) is 22.4. The van der Waals surface area contributed by atoms with Gasteiger partial charge in [-0.1, -0.05) is 13.8 Å². The van der Waals surface area contributed by atoms with Gasteiger partial charge in [0.2, 0.25) is 5.91 Å². The van der Waals surface area contributed by atoms with Crippen LogP contribution in [0.4, 0.5) is 9.80 Å². The van der Waals surface area contributed by atoms with Gasteiger partial charge in [-0.3, -0.25) is 4.79 Å². The van der Waals surface area contributed by atoms with Crippen molar-refractivity contribution in [3.05, 3.63) is 44.5 Å². The highest BCUT2D eigenvalue weighted by atomic mass is 32.1. The van der Waals surface area contributed by atoms with E-state index in [1.165, 1.54) is 17.4 Å². The van der Waals surface area contributed by atoms with Crippen molar-refractivity contribution in [3.8, 4) is 6.07 Å². The summed E-state index contributed by atoms with van der Waals surface area (Å²) in [5.41, 5.74) is 2.55. The van der Waals surface area contributed by atoms with Gasteiger partial charge in [-0.25, -0.2) is 4.79 Å². The van der Waals surface area contributed by atoms with Crippen molar-refractivity contribution < 1.29 is 14.3 Å². The third kappa shape index (κ3) is 6.18. The average Bonchev–Trinajstić information content (AvgIpc) is 3.36.